The number of rotatable bonds is 3. The summed E-state index contributed by atoms with van der Waals surface area (Å²) in [5.74, 6) is 0.742. The van der Waals surface area contributed by atoms with Gasteiger partial charge in [0.15, 0.2) is 5.82 Å². The van der Waals surface area contributed by atoms with E-state index in [0.717, 1.165) is 23.2 Å². The van der Waals surface area contributed by atoms with Gasteiger partial charge in [0.25, 0.3) is 0 Å². The molecule has 0 bridgehead atoms. The maximum atomic E-state index is 9.45. The second-order valence-electron chi connectivity index (χ2n) is 4.89. The number of aromatic nitrogens is 2. The van der Waals surface area contributed by atoms with Gasteiger partial charge in [-0.1, -0.05) is 30.3 Å². The SMILES string of the molecule is OC[C@H]1C[C@H](CO)c2nc(-c3ccccc3)ncc21. The quantitative estimate of drug-likeness (QED) is 0.877. The minimum absolute atomic E-state index is 0.0117. The van der Waals surface area contributed by atoms with Gasteiger partial charge in [0, 0.05) is 23.6 Å². The molecule has 1 aromatic carbocycles. The maximum absolute atomic E-state index is 9.45. The number of hydrogen-bond donors (Lipinski definition) is 2. The zero-order valence-corrected chi connectivity index (χ0v) is 10.5. The van der Waals surface area contributed by atoms with Crippen LogP contribution in [0.25, 0.3) is 11.4 Å². The van der Waals surface area contributed by atoms with Crippen LogP contribution in [0, 0.1) is 0 Å². The molecule has 0 amide bonds. The summed E-state index contributed by atoms with van der Waals surface area (Å²) in [4.78, 5) is 8.98. The third-order valence-electron chi connectivity index (χ3n) is 3.72. The van der Waals surface area contributed by atoms with Crippen molar-refractivity contribution in [2.75, 3.05) is 13.2 Å². The third kappa shape index (κ3) is 2.13. The topological polar surface area (TPSA) is 66.2 Å². The molecule has 0 unspecified atom stereocenters. The third-order valence-corrected chi connectivity index (χ3v) is 3.72. The van der Waals surface area contributed by atoms with E-state index in [4.69, 9.17) is 0 Å². The van der Waals surface area contributed by atoms with E-state index in [2.05, 4.69) is 9.97 Å². The van der Waals surface area contributed by atoms with E-state index in [1.165, 1.54) is 0 Å². The summed E-state index contributed by atoms with van der Waals surface area (Å²) in [7, 11) is 0. The van der Waals surface area contributed by atoms with Gasteiger partial charge in [-0.15, -0.1) is 0 Å². The molecular formula is C15H16N2O2. The normalized spacial score (nSPS) is 21.4. The van der Waals surface area contributed by atoms with Gasteiger partial charge in [0.05, 0.1) is 18.9 Å². The summed E-state index contributed by atoms with van der Waals surface area (Å²) in [5, 5.41) is 18.8. The van der Waals surface area contributed by atoms with E-state index in [1.807, 2.05) is 30.3 Å². The Bertz CT molecular complexity index is 572. The van der Waals surface area contributed by atoms with Crippen LogP contribution in [0.3, 0.4) is 0 Å². The molecule has 0 saturated carbocycles. The molecule has 98 valence electrons. The zero-order valence-electron chi connectivity index (χ0n) is 10.5. The molecule has 0 spiro atoms. The van der Waals surface area contributed by atoms with E-state index in [1.54, 1.807) is 6.20 Å². The highest BCUT2D eigenvalue weighted by Crippen LogP contribution is 2.40. The predicted octanol–water partition coefficient (Wildman–Crippen LogP) is 1.70. The van der Waals surface area contributed by atoms with Crippen molar-refractivity contribution in [3.05, 3.63) is 47.8 Å². The van der Waals surface area contributed by atoms with Crippen LogP contribution in [0.1, 0.15) is 29.5 Å². The first kappa shape index (κ1) is 12.3. The van der Waals surface area contributed by atoms with Crippen molar-refractivity contribution in [1.82, 2.24) is 9.97 Å². The summed E-state index contributed by atoms with van der Waals surface area (Å²) in [6.45, 7) is 0.145. The minimum atomic E-state index is 0.0117. The number of nitrogens with zero attached hydrogens (tertiary/aromatic N) is 2. The van der Waals surface area contributed by atoms with Crippen molar-refractivity contribution >= 4 is 0 Å². The lowest BCUT2D eigenvalue weighted by Crippen LogP contribution is -2.03. The molecule has 4 heteroatoms. The van der Waals surface area contributed by atoms with Gasteiger partial charge in [-0.2, -0.15) is 0 Å². The van der Waals surface area contributed by atoms with Gasteiger partial charge < -0.3 is 10.2 Å². The molecule has 1 aliphatic rings. The highest BCUT2D eigenvalue weighted by atomic mass is 16.3. The molecular weight excluding hydrogens is 240 g/mol. The fraction of sp³-hybridized carbons (Fsp3) is 0.333. The van der Waals surface area contributed by atoms with Crippen molar-refractivity contribution in [2.45, 2.75) is 18.3 Å². The Morgan fingerprint density at radius 3 is 2.47 bits per heavy atom. The summed E-state index contributed by atoms with van der Waals surface area (Å²) in [6, 6.07) is 9.79. The molecule has 2 aromatic rings. The minimum Gasteiger partial charge on any atom is -0.396 e. The van der Waals surface area contributed by atoms with Gasteiger partial charge in [0.2, 0.25) is 0 Å². The Hall–Kier alpha value is -1.78. The fourth-order valence-corrected chi connectivity index (χ4v) is 2.69. The molecule has 3 rings (SSSR count). The summed E-state index contributed by atoms with van der Waals surface area (Å²) in [5.41, 5.74) is 2.83. The molecule has 0 fully saturated rings. The van der Waals surface area contributed by atoms with Crippen LogP contribution in [0.2, 0.25) is 0 Å². The fourth-order valence-electron chi connectivity index (χ4n) is 2.69. The first-order valence-corrected chi connectivity index (χ1v) is 6.47. The Kier molecular flexibility index (Phi) is 3.27. The van der Waals surface area contributed by atoms with Crippen molar-refractivity contribution < 1.29 is 10.2 Å². The molecule has 0 radical (unpaired) electrons. The standard InChI is InChI=1S/C15H16N2O2/c18-8-11-6-12(9-19)14-13(11)7-16-15(17-14)10-4-2-1-3-5-10/h1-5,7,11-12,18-19H,6,8-9H2/t11-,12-/m1/s1. The van der Waals surface area contributed by atoms with Gasteiger partial charge in [-0.3, -0.25) is 0 Å². The molecule has 0 saturated heterocycles. The first-order chi connectivity index (χ1) is 9.33. The molecule has 2 atom stereocenters. The van der Waals surface area contributed by atoms with Gasteiger partial charge in [-0.05, 0) is 12.0 Å². The molecule has 1 aliphatic carbocycles. The van der Waals surface area contributed by atoms with Gasteiger partial charge in [-0.25, -0.2) is 9.97 Å². The molecule has 19 heavy (non-hydrogen) atoms. The Morgan fingerprint density at radius 1 is 1.05 bits per heavy atom. The zero-order chi connectivity index (χ0) is 13.2. The summed E-state index contributed by atoms with van der Waals surface area (Å²) < 4.78 is 0. The highest BCUT2D eigenvalue weighted by molar-refractivity contribution is 5.55. The van der Waals surface area contributed by atoms with E-state index in [9.17, 15) is 10.2 Å². The highest BCUT2D eigenvalue weighted by Gasteiger charge is 2.32. The second kappa shape index (κ2) is 5.07. The number of fused-ring (bicyclic) bond motifs is 1. The maximum Gasteiger partial charge on any atom is 0.159 e. The number of aliphatic hydroxyl groups is 2. The predicted molar refractivity (Wildman–Crippen MR) is 71.7 cm³/mol. The van der Waals surface area contributed by atoms with Crippen LogP contribution in [0.15, 0.2) is 36.5 Å². The smallest absolute Gasteiger partial charge is 0.159 e. The molecule has 4 nitrogen and oxygen atoms in total. The van der Waals surface area contributed by atoms with Crippen molar-refractivity contribution in [1.29, 1.82) is 0 Å². The Morgan fingerprint density at radius 2 is 1.79 bits per heavy atom. The van der Waals surface area contributed by atoms with Crippen LogP contribution in [0.4, 0.5) is 0 Å². The molecule has 1 heterocycles. The van der Waals surface area contributed by atoms with E-state index in [0.29, 0.717) is 5.82 Å². The van der Waals surface area contributed by atoms with Crippen LogP contribution < -0.4 is 0 Å². The first-order valence-electron chi connectivity index (χ1n) is 6.47. The number of hydrogen-bond acceptors (Lipinski definition) is 4. The van der Waals surface area contributed by atoms with Crippen LogP contribution >= 0.6 is 0 Å². The summed E-state index contributed by atoms with van der Waals surface area (Å²) in [6.07, 6.45) is 2.54. The number of benzene rings is 1. The summed E-state index contributed by atoms with van der Waals surface area (Å²) >= 11 is 0. The van der Waals surface area contributed by atoms with E-state index >= 15 is 0 Å². The van der Waals surface area contributed by atoms with Crippen molar-refractivity contribution in [3.8, 4) is 11.4 Å². The monoisotopic (exact) mass is 256 g/mol. The van der Waals surface area contributed by atoms with E-state index < -0.39 is 0 Å². The second-order valence-corrected chi connectivity index (χ2v) is 4.89. The van der Waals surface area contributed by atoms with Crippen LogP contribution in [0.5, 0.6) is 0 Å². The van der Waals surface area contributed by atoms with E-state index in [-0.39, 0.29) is 25.0 Å². The Labute approximate surface area is 111 Å². The lowest BCUT2D eigenvalue weighted by Gasteiger charge is -2.08. The van der Waals surface area contributed by atoms with Crippen LogP contribution in [-0.2, 0) is 0 Å². The average Bonchev–Trinajstić information content (AvgIpc) is 2.85. The lowest BCUT2D eigenvalue weighted by molar-refractivity contribution is 0.233. The van der Waals surface area contributed by atoms with Crippen molar-refractivity contribution in [3.63, 3.8) is 0 Å². The Balaban J connectivity index is 2.04. The number of aliphatic hydroxyl groups excluding tert-OH is 2. The molecule has 2 N–H and O–H groups in total. The van der Waals surface area contributed by atoms with Crippen molar-refractivity contribution in [2.24, 2.45) is 0 Å². The van der Waals surface area contributed by atoms with Gasteiger partial charge in [0.1, 0.15) is 0 Å². The average molecular weight is 256 g/mol. The molecule has 0 aliphatic heterocycles. The van der Waals surface area contributed by atoms with Crippen LogP contribution in [-0.4, -0.2) is 33.4 Å². The van der Waals surface area contributed by atoms with Gasteiger partial charge >= 0.3 is 0 Å². The largest absolute Gasteiger partial charge is 0.396 e. The molecule has 1 aromatic heterocycles. The lowest BCUT2D eigenvalue weighted by atomic mass is 10.0.